The van der Waals surface area contributed by atoms with Crippen molar-refractivity contribution in [1.29, 1.82) is 0 Å². The lowest BCUT2D eigenvalue weighted by Crippen LogP contribution is -2.41. The number of nitrogens with one attached hydrogen (secondary N) is 1. The van der Waals surface area contributed by atoms with Crippen LogP contribution in [0.1, 0.15) is 39.3 Å². The molecule has 0 radical (unpaired) electrons. The molecule has 2 heterocycles. The summed E-state index contributed by atoms with van der Waals surface area (Å²) < 4.78 is 21.0. The van der Waals surface area contributed by atoms with Crippen LogP contribution in [0.3, 0.4) is 0 Å². The zero-order valence-electron chi connectivity index (χ0n) is 11.5. The molecule has 2 N–H and O–H groups in total. The van der Waals surface area contributed by atoms with Crippen molar-refractivity contribution in [3.05, 3.63) is 33.1 Å². The molecule has 1 saturated heterocycles. The number of aromatic nitrogens is 2. The Balaban J connectivity index is 2.39. The van der Waals surface area contributed by atoms with Crippen molar-refractivity contribution in [2.75, 3.05) is 0 Å². The number of H-pyrrole nitrogens is 1. The first kappa shape index (κ1) is 14.9. The predicted molar refractivity (Wildman–Crippen MR) is 70.3 cm³/mol. The van der Waals surface area contributed by atoms with Crippen LogP contribution < -0.4 is 11.2 Å². The van der Waals surface area contributed by atoms with Gasteiger partial charge in [0, 0.05) is 12.3 Å². The summed E-state index contributed by atoms with van der Waals surface area (Å²) in [6.07, 6.45) is -1.38. The number of nitrogens with zero attached hydrogens (tertiary/aromatic N) is 1. The van der Waals surface area contributed by atoms with E-state index >= 15 is 0 Å². The van der Waals surface area contributed by atoms with Gasteiger partial charge in [0.05, 0.1) is 5.60 Å². The highest BCUT2D eigenvalue weighted by atomic mass is 19.1. The molecule has 0 amide bonds. The second kappa shape index (κ2) is 5.49. The molecule has 7 heteroatoms. The van der Waals surface area contributed by atoms with E-state index < -0.39 is 35.4 Å². The highest BCUT2D eigenvalue weighted by Gasteiger charge is 2.54. The fourth-order valence-electron chi connectivity index (χ4n) is 2.76. The summed E-state index contributed by atoms with van der Waals surface area (Å²) in [6, 6.07) is 1.12. The van der Waals surface area contributed by atoms with Gasteiger partial charge in [0.1, 0.15) is 6.10 Å². The van der Waals surface area contributed by atoms with Crippen LogP contribution in [0.2, 0.25) is 0 Å². The fraction of sp³-hybridized carbons (Fsp3) is 0.692. The molecule has 0 saturated carbocycles. The molecule has 1 fully saturated rings. The lowest BCUT2D eigenvalue weighted by atomic mass is 9.88. The van der Waals surface area contributed by atoms with E-state index in [0.717, 1.165) is 17.1 Å². The van der Waals surface area contributed by atoms with Crippen LogP contribution in [0.15, 0.2) is 21.9 Å². The Labute approximate surface area is 115 Å². The van der Waals surface area contributed by atoms with E-state index in [9.17, 15) is 19.1 Å². The molecule has 1 unspecified atom stereocenters. The summed E-state index contributed by atoms with van der Waals surface area (Å²) in [5.41, 5.74) is -2.30. The van der Waals surface area contributed by atoms with E-state index in [2.05, 4.69) is 4.98 Å². The van der Waals surface area contributed by atoms with E-state index in [0.29, 0.717) is 12.8 Å². The molecule has 20 heavy (non-hydrogen) atoms. The number of ether oxygens (including phenoxy) is 1. The zero-order chi connectivity index (χ0) is 14.9. The van der Waals surface area contributed by atoms with Crippen molar-refractivity contribution in [2.24, 2.45) is 0 Å². The number of rotatable bonds is 4. The monoisotopic (exact) mass is 286 g/mol. The third kappa shape index (κ3) is 2.31. The van der Waals surface area contributed by atoms with E-state index in [1.807, 2.05) is 13.8 Å². The van der Waals surface area contributed by atoms with Crippen LogP contribution in [-0.2, 0) is 4.74 Å². The molecule has 2 rings (SSSR count). The first-order chi connectivity index (χ1) is 9.45. The Morgan fingerprint density at radius 1 is 1.50 bits per heavy atom. The van der Waals surface area contributed by atoms with Gasteiger partial charge in [0.2, 0.25) is 0 Å². The lowest BCUT2D eigenvalue weighted by Gasteiger charge is -2.30. The summed E-state index contributed by atoms with van der Waals surface area (Å²) >= 11 is 0. The molecule has 6 nitrogen and oxygen atoms in total. The first-order valence-electron chi connectivity index (χ1n) is 6.76. The third-order valence-corrected chi connectivity index (χ3v) is 3.87. The van der Waals surface area contributed by atoms with Crippen LogP contribution in [0.25, 0.3) is 0 Å². The minimum absolute atomic E-state index is 0.441. The van der Waals surface area contributed by atoms with E-state index in [4.69, 9.17) is 4.74 Å². The van der Waals surface area contributed by atoms with Crippen molar-refractivity contribution in [1.82, 2.24) is 9.55 Å². The van der Waals surface area contributed by atoms with Gasteiger partial charge in [-0.3, -0.25) is 14.3 Å². The van der Waals surface area contributed by atoms with Crippen molar-refractivity contribution in [3.63, 3.8) is 0 Å². The molecule has 0 aliphatic carbocycles. The highest BCUT2D eigenvalue weighted by molar-refractivity contribution is 5.01. The molecular weight excluding hydrogens is 267 g/mol. The molecule has 1 aliphatic rings. The summed E-state index contributed by atoms with van der Waals surface area (Å²) in [6.45, 7) is 3.73. The molecule has 112 valence electrons. The van der Waals surface area contributed by atoms with Gasteiger partial charge in [-0.1, -0.05) is 20.3 Å². The third-order valence-electron chi connectivity index (χ3n) is 3.87. The van der Waals surface area contributed by atoms with Crippen LogP contribution >= 0.6 is 0 Å². The second-order valence-corrected chi connectivity index (χ2v) is 5.08. The fourth-order valence-corrected chi connectivity index (χ4v) is 2.76. The Hall–Kier alpha value is -1.47. The van der Waals surface area contributed by atoms with Gasteiger partial charge in [-0.25, -0.2) is 9.18 Å². The average Bonchev–Trinajstić information content (AvgIpc) is 2.65. The molecular formula is C13H19FN2O4. The second-order valence-electron chi connectivity index (χ2n) is 5.08. The number of hydrogen-bond donors (Lipinski definition) is 2. The predicted octanol–water partition coefficient (Wildman–Crippen LogP) is 0.713. The van der Waals surface area contributed by atoms with Crippen molar-refractivity contribution in [2.45, 2.75) is 57.2 Å². The van der Waals surface area contributed by atoms with E-state index in [-0.39, 0.29) is 0 Å². The van der Waals surface area contributed by atoms with Gasteiger partial charge in [-0.2, -0.15) is 0 Å². The molecule has 1 aliphatic heterocycles. The molecule has 0 aromatic carbocycles. The minimum Gasteiger partial charge on any atom is -0.387 e. The quantitative estimate of drug-likeness (QED) is 0.854. The Bertz CT molecular complexity index is 584. The van der Waals surface area contributed by atoms with E-state index in [1.54, 1.807) is 0 Å². The van der Waals surface area contributed by atoms with Crippen LogP contribution in [-0.4, -0.2) is 32.5 Å². The molecule has 1 aromatic rings. The van der Waals surface area contributed by atoms with Gasteiger partial charge < -0.3 is 9.84 Å². The largest absolute Gasteiger partial charge is 0.387 e. The summed E-state index contributed by atoms with van der Waals surface area (Å²) in [4.78, 5) is 24.8. The number of halogens is 1. The number of alkyl halides is 1. The number of aliphatic hydroxyl groups is 1. The van der Waals surface area contributed by atoms with Crippen LogP contribution in [0.4, 0.5) is 4.39 Å². The average molecular weight is 286 g/mol. The number of hydrogen-bond acceptors (Lipinski definition) is 4. The summed E-state index contributed by atoms with van der Waals surface area (Å²) in [5.74, 6) is 0. The topological polar surface area (TPSA) is 84.3 Å². The number of aromatic amines is 1. The standard InChI is InChI=1S/C13H19FN2O4/c1-3-6-13(4-2)10(18)9(14)11(20-13)16-7-5-8(17)15-12(16)19/h5,7,9-11,18H,3-4,6H2,1-2H3,(H,15,17,19)/t9-,10?,11+,13-/m0/s1. The lowest BCUT2D eigenvalue weighted by molar-refractivity contribution is -0.111. The molecule has 0 spiro atoms. The smallest absolute Gasteiger partial charge is 0.330 e. The maximum atomic E-state index is 14.3. The molecule has 4 atom stereocenters. The van der Waals surface area contributed by atoms with Crippen molar-refractivity contribution >= 4 is 0 Å². The number of aliphatic hydroxyl groups excluding tert-OH is 1. The van der Waals surface area contributed by atoms with Gasteiger partial charge in [-0.15, -0.1) is 0 Å². The minimum atomic E-state index is -1.72. The van der Waals surface area contributed by atoms with Gasteiger partial charge in [0.25, 0.3) is 5.56 Å². The maximum absolute atomic E-state index is 14.3. The molecule has 0 bridgehead atoms. The van der Waals surface area contributed by atoms with E-state index in [1.165, 1.54) is 6.20 Å². The Morgan fingerprint density at radius 3 is 2.75 bits per heavy atom. The Morgan fingerprint density at radius 2 is 2.20 bits per heavy atom. The van der Waals surface area contributed by atoms with Gasteiger partial charge >= 0.3 is 5.69 Å². The summed E-state index contributed by atoms with van der Waals surface area (Å²) in [7, 11) is 0. The normalized spacial score (nSPS) is 33.5. The zero-order valence-corrected chi connectivity index (χ0v) is 11.5. The van der Waals surface area contributed by atoms with Crippen LogP contribution in [0, 0.1) is 0 Å². The maximum Gasteiger partial charge on any atom is 0.330 e. The van der Waals surface area contributed by atoms with Crippen molar-refractivity contribution in [3.8, 4) is 0 Å². The van der Waals surface area contributed by atoms with Crippen molar-refractivity contribution < 1.29 is 14.2 Å². The van der Waals surface area contributed by atoms with Gasteiger partial charge in [-0.05, 0) is 12.8 Å². The van der Waals surface area contributed by atoms with Gasteiger partial charge in [0.15, 0.2) is 12.4 Å². The SMILES string of the molecule is CCC[C@]1(CC)O[C@@H](n2ccc(=O)[nH]c2=O)[C@@H](F)C1O. The molecule has 1 aromatic heterocycles. The highest BCUT2D eigenvalue weighted by Crippen LogP contribution is 2.43. The summed E-state index contributed by atoms with van der Waals surface area (Å²) in [5, 5.41) is 10.1. The Kier molecular flexibility index (Phi) is 4.10. The first-order valence-corrected chi connectivity index (χ1v) is 6.76. The van der Waals surface area contributed by atoms with Crippen LogP contribution in [0.5, 0.6) is 0 Å².